The van der Waals surface area contributed by atoms with Crippen molar-refractivity contribution in [2.75, 3.05) is 0 Å². The fourth-order valence-electron chi connectivity index (χ4n) is 1.97. The van der Waals surface area contributed by atoms with Gasteiger partial charge in [0, 0.05) is 0 Å². The molecule has 0 atom stereocenters. The van der Waals surface area contributed by atoms with Gasteiger partial charge in [-0.3, -0.25) is 0 Å². The van der Waals surface area contributed by atoms with Crippen molar-refractivity contribution in [1.82, 2.24) is 0 Å². The maximum atomic E-state index is 2.54. The van der Waals surface area contributed by atoms with Crippen molar-refractivity contribution in [3.05, 3.63) is 22.2 Å². The fraction of sp³-hybridized carbons (Fsp3) is 0.692. The molecule has 0 saturated carbocycles. The number of rotatable bonds is 5. The molecule has 2 heteroatoms. The number of hydrogen-bond donors (Lipinski definition) is 0. The molecule has 15 heavy (non-hydrogen) atoms. The Morgan fingerprint density at radius 1 is 1.20 bits per heavy atom. The molecule has 0 spiro atoms. The molecule has 0 aromatic carbocycles. The molecule has 0 aromatic heterocycles. The van der Waals surface area contributed by atoms with Crippen LogP contribution >= 0.6 is 0 Å². The number of hydrogen-bond acceptors (Lipinski definition) is 0. The van der Waals surface area contributed by atoms with Crippen LogP contribution in [-0.4, -0.2) is 8.07 Å². The minimum atomic E-state index is -1.56. The summed E-state index contributed by atoms with van der Waals surface area (Å²) in [7, 11) is -0.890. The van der Waals surface area contributed by atoms with Gasteiger partial charge in [0.1, 0.15) is 0 Å². The minimum absolute atomic E-state index is 0.890. The second kappa shape index (κ2) is 5.14. The van der Waals surface area contributed by atoms with E-state index in [-0.39, 0.29) is 0 Å². The van der Waals surface area contributed by atoms with E-state index in [0.29, 0.717) is 0 Å². The summed E-state index contributed by atoms with van der Waals surface area (Å²) in [5.74, 6) is 0. The van der Waals surface area contributed by atoms with Gasteiger partial charge in [0.15, 0.2) is 0 Å². The topological polar surface area (TPSA) is 0 Å². The van der Waals surface area contributed by atoms with Gasteiger partial charge in [-0.2, -0.15) is 0 Å². The quantitative estimate of drug-likeness (QED) is 0.555. The molecule has 0 heterocycles. The van der Waals surface area contributed by atoms with Crippen molar-refractivity contribution in [1.29, 1.82) is 0 Å². The molecule has 0 saturated heterocycles. The first-order valence-electron chi connectivity index (χ1n) is 5.81. The van der Waals surface area contributed by atoms with Crippen LogP contribution in [-0.2, 0) is 16.1 Å². The van der Waals surface area contributed by atoms with Crippen LogP contribution in [0.25, 0.3) is 0 Å². The van der Waals surface area contributed by atoms with E-state index in [4.69, 9.17) is 0 Å². The van der Waals surface area contributed by atoms with Crippen LogP contribution in [0.1, 0.15) is 20.3 Å². The van der Waals surface area contributed by atoms with Crippen molar-refractivity contribution < 1.29 is 16.1 Å². The van der Waals surface area contributed by atoms with Crippen LogP contribution in [0.4, 0.5) is 0 Å². The van der Waals surface area contributed by atoms with E-state index in [1.54, 1.807) is 4.43 Å². The molecule has 0 fully saturated rings. The predicted octanol–water partition coefficient (Wildman–Crippen LogP) is 5.16. The van der Waals surface area contributed by atoms with Gasteiger partial charge in [0.25, 0.3) is 0 Å². The fourth-order valence-corrected chi connectivity index (χ4v) is 28.0. The SMILES string of the molecule is C[CH2][Pt]([CH2]C)([CH2][Si](C)(C)C)[C]1=CC=CC1. The van der Waals surface area contributed by atoms with E-state index in [9.17, 15) is 0 Å². The molecule has 0 radical (unpaired) electrons. The molecule has 0 aromatic rings. The molecule has 0 unspecified atom stereocenters. The van der Waals surface area contributed by atoms with Gasteiger partial charge in [-0.15, -0.1) is 0 Å². The first-order chi connectivity index (χ1) is 6.93. The molecule has 1 rings (SSSR count). The Balaban J connectivity index is 2.87. The summed E-state index contributed by atoms with van der Waals surface area (Å²) < 4.78 is 3.50. The van der Waals surface area contributed by atoms with E-state index < -0.39 is 24.1 Å². The Hall–Kier alpha value is 0.385. The Labute approximate surface area is 100 Å². The van der Waals surface area contributed by atoms with Gasteiger partial charge >= 0.3 is 100 Å². The maximum absolute atomic E-state index is 2.54. The molecule has 0 N–H and O–H groups in total. The summed E-state index contributed by atoms with van der Waals surface area (Å²) in [6.45, 7) is 12.5. The average Bonchev–Trinajstić information content (AvgIpc) is 2.66. The van der Waals surface area contributed by atoms with Crippen molar-refractivity contribution in [2.45, 2.75) is 54.0 Å². The van der Waals surface area contributed by atoms with Gasteiger partial charge in [-0.25, -0.2) is 0 Å². The molecule has 0 bridgehead atoms. The van der Waals surface area contributed by atoms with Crippen molar-refractivity contribution in [3.63, 3.8) is 0 Å². The zero-order valence-corrected chi connectivity index (χ0v) is 14.1. The molecular formula is C13H26PtSi. The van der Waals surface area contributed by atoms with Crippen molar-refractivity contribution in [2.24, 2.45) is 0 Å². The van der Waals surface area contributed by atoms with Gasteiger partial charge in [0.05, 0.1) is 0 Å². The van der Waals surface area contributed by atoms with Crippen molar-refractivity contribution >= 4 is 8.07 Å². The number of allylic oxidation sites excluding steroid dienone is 4. The van der Waals surface area contributed by atoms with E-state index >= 15 is 0 Å². The van der Waals surface area contributed by atoms with Crippen LogP contribution in [0.5, 0.6) is 0 Å². The second-order valence-electron chi connectivity index (χ2n) is 5.14. The first-order valence-corrected chi connectivity index (χ1v) is 15.5. The summed E-state index contributed by atoms with van der Waals surface area (Å²) in [5, 5.41) is 0. The van der Waals surface area contributed by atoms with Gasteiger partial charge in [0.2, 0.25) is 0 Å². The van der Waals surface area contributed by atoms with Crippen LogP contribution < -0.4 is 0 Å². The normalized spacial score (nSPS) is 18.1. The molecule has 0 amide bonds. The molecule has 0 aliphatic heterocycles. The standard InChI is InChI=1S/C5H5.C4H11Si.2C2H5.Pt/c1-2-4-5-3-1;1-5(2,3)4;2*1-2;/h1-3H,4H2;1H2,2-4H3;2*1H2,2H3;. The van der Waals surface area contributed by atoms with Gasteiger partial charge < -0.3 is 0 Å². The Kier molecular flexibility index (Phi) is 4.61. The second-order valence-corrected chi connectivity index (χ2v) is 23.4. The van der Waals surface area contributed by atoms with E-state index in [1.165, 1.54) is 16.0 Å². The van der Waals surface area contributed by atoms with Crippen LogP contribution in [0, 0.1) is 0 Å². The van der Waals surface area contributed by atoms with Crippen LogP contribution in [0.15, 0.2) is 22.2 Å². The summed E-state index contributed by atoms with van der Waals surface area (Å²) in [6.07, 6.45) is 8.36. The molecule has 0 nitrogen and oxygen atoms in total. The zero-order valence-electron chi connectivity index (χ0n) is 10.9. The summed E-state index contributed by atoms with van der Waals surface area (Å²) in [5.41, 5.74) is 0. The third-order valence-corrected chi connectivity index (χ3v) is 25.6. The monoisotopic (exact) mass is 405 g/mol. The molecule has 1 aliphatic carbocycles. The summed E-state index contributed by atoms with van der Waals surface area (Å²) >= 11 is -1.56. The van der Waals surface area contributed by atoms with Gasteiger partial charge in [-0.05, 0) is 0 Å². The summed E-state index contributed by atoms with van der Waals surface area (Å²) in [4.78, 5) is 2.97. The van der Waals surface area contributed by atoms with E-state index in [0.717, 1.165) is 0 Å². The Morgan fingerprint density at radius 3 is 2.13 bits per heavy atom. The third kappa shape index (κ3) is 3.42. The predicted molar refractivity (Wildman–Crippen MR) is 71.0 cm³/mol. The first kappa shape index (κ1) is 13.5. The zero-order chi connectivity index (χ0) is 11.5. The average molecular weight is 406 g/mol. The Morgan fingerprint density at radius 2 is 1.80 bits per heavy atom. The molecule has 92 valence electrons. The van der Waals surface area contributed by atoms with Gasteiger partial charge in [-0.1, -0.05) is 0 Å². The molecule has 1 aliphatic rings. The Bertz CT molecular complexity index is 267. The van der Waals surface area contributed by atoms with Crippen LogP contribution in [0.3, 0.4) is 0 Å². The van der Waals surface area contributed by atoms with E-state index in [1.807, 2.05) is 3.96 Å². The summed E-state index contributed by atoms with van der Waals surface area (Å²) in [6, 6.07) is 0. The van der Waals surface area contributed by atoms with Crippen molar-refractivity contribution in [3.8, 4) is 0 Å². The third-order valence-electron chi connectivity index (χ3n) is 2.54. The van der Waals surface area contributed by atoms with Crippen LogP contribution in [0.2, 0.25) is 33.7 Å². The molecular weight excluding hydrogens is 379 g/mol. The van der Waals surface area contributed by atoms with E-state index in [2.05, 4.69) is 51.7 Å².